The number of phenols is 1. The molecule has 0 saturated heterocycles. The topological polar surface area (TPSA) is 78.0 Å². The standard InChI is InChI=1S/C21H14F3N3O2/c22-21(23,24)14-9-13(10-16(28)11-14)20(29)25-15-7-5-12(6-8-15)19-26-17-3-1-2-4-18(17)27-19/h1-11,28H,(H,25,29)(H,26,27). The fourth-order valence-corrected chi connectivity index (χ4v) is 2.91. The molecule has 0 saturated carbocycles. The van der Waals surface area contributed by atoms with Gasteiger partial charge in [0.1, 0.15) is 11.6 Å². The van der Waals surface area contributed by atoms with E-state index in [1.807, 2.05) is 24.3 Å². The minimum atomic E-state index is -4.66. The summed E-state index contributed by atoms with van der Waals surface area (Å²) in [5, 5.41) is 12.0. The van der Waals surface area contributed by atoms with E-state index in [0.29, 0.717) is 23.6 Å². The molecule has 1 heterocycles. The van der Waals surface area contributed by atoms with Crippen molar-refractivity contribution in [2.75, 3.05) is 5.32 Å². The fourth-order valence-electron chi connectivity index (χ4n) is 2.91. The second kappa shape index (κ2) is 6.97. The number of anilines is 1. The number of amides is 1. The Hall–Kier alpha value is -3.81. The number of alkyl halides is 3. The Balaban J connectivity index is 1.54. The number of benzene rings is 3. The summed E-state index contributed by atoms with van der Waals surface area (Å²) in [6.07, 6.45) is -4.66. The molecular formula is C21H14F3N3O2. The van der Waals surface area contributed by atoms with Crippen LogP contribution in [0.25, 0.3) is 22.4 Å². The molecule has 0 bridgehead atoms. The molecule has 4 rings (SSSR count). The first-order chi connectivity index (χ1) is 13.8. The predicted molar refractivity (Wildman–Crippen MR) is 103 cm³/mol. The molecule has 0 aliphatic rings. The number of carbonyl (C=O) groups is 1. The highest BCUT2D eigenvalue weighted by atomic mass is 19.4. The van der Waals surface area contributed by atoms with Crippen LogP contribution in [-0.4, -0.2) is 21.0 Å². The van der Waals surface area contributed by atoms with Gasteiger partial charge >= 0.3 is 6.18 Å². The first kappa shape index (κ1) is 18.5. The maximum absolute atomic E-state index is 12.9. The zero-order chi connectivity index (χ0) is 20.6. The summed E-state index contributed by atoms with van der Waals surface area (Å²) in [6, 6.07) is 16.5. The van der Waals surface area contributed by atoms with Gasteiger partial charge in [-0.3, -0.25) is 4.79 Å². The van der Waals surface area contributed by atoms with Crippen LogP contribution in [0.1, 0.15) is 15.9 Å². The largest absolute Gasteiger partial charge is 0.508 e. The van der Waals surface area contributed by atoms with Crippen molar-refractivity contribution in [1.29, 1.82) is 0 Å². The minimum absolute atomic E-state index is 0.293. The third-order valence-corrected chi connectivity index (χ3v) is 4.31. The van der Waals surface area contributed by atoms with Gasteiger partial charge in [0.2, 0.25) is 0 Å². The molecule has 8 heteroatoms. The van der Waals surface area contributed by atoms with E-state index in [1.54, 1.807) is 24.3 Å². The molecule has 0 atom stereocenters. The van der Waals surface area contributed by atoms with E-state index in [9.17, 15) is 23.1 Å². The van der Waals surface area contributed by atoms with E-state index in [-0.39, 0.29) is 5.56 Å². The molecule has 5 nitrogen and oxygen atoms in total. The average molecular weight is 397 g/mol. The number of nitrogens with one attached hydrogen (secondary N) is 2. The van der Waals surface area contributed by atoms with Crippen molar-refractivity contribution in [3.8, 4) is 17.1 Å². The Labute approximate surface area is 162 Å². The Morgan fingerprint density at radius 2 is 1.72 bits per heavy atom. The van der Waals surface area contributed by atoms with E-state index < -0.39 is 23.4 Å². The molecule has 0 radical (unpaired) electrons. The summed E-state index contributed by atoms with van der Waals surface area (Å²) in [5.74, 6) is -0.736. The maximum Gasteiger partial charge on any atom is 0.416 e. The minimum Gasteiger partial charge on any atom is -0.508 e. The Morgan fingerprint density at radius 1 is 1.00 bits per heavy atom. The quantitative estimate of drug-likeness (QED) is 0.444. The number of hydrogen-bond acceptors (Lipinski definition) is 3. The van der Waals surface area contributed by atoms with Gasteiger partial charge in [-0.05, 0) is 54.6 Å². The zero-order valence-corrected chi connectivity index (χ0v) is 14.8. The van der Waals surface area contributed by atoms with Crippen LogP contribution in [0.4, 0.5) is 18.9 Å². The Morgan fingerprint density at radius 3 is 2.41 bits per heavy atom. The lowest BCUT2D eigenvalue weighted by Gasteiger charge is -2.10. The summed E-state index contributed by atoms with van der Waals surface area (Å²) in [7, 11) is 0. The van der Waals surface area contributed by atoms with Gasteiger partial charge in [-0.1, -0.05) is 12.1 Å². The Bertz CT molecular complexity index is 1160. The summed E-state index contributed by atoms with van der Waals surface area (Å²) in [5.41, 5.74) is 1.51. The molecule has 146 valence electrons. The van der Waals surface area contributed by atoms with Crippen molar-refractivity contribution in [3.05, 3.63) is 77.9 Å². The number of aromatic nitrogens is 2. The number of fused-ring (bicyclic) bond motifs is 1. The number of hydrogen-bond donors (Lipinski definition) is 3. The number of para-hydroxylation sites is 2. The van der Waals surface area contributed by atoms with Gasteiger partial charge in [-0.2, -0.15) is 13.2 Å². The smallest absolute Gasteiger partial charge is 0.416 e. The first-order valence-corrected chi connectivity index (χ1v) is 8.57. The number of halogens is 3. The number of phenolic OH excluding ortho intramolecular Hbond substituents is 1. The van der Waals surface area contributed by atoms with Gasteiger partial charge in [0, 0.05) is 16.8 Å². The maximum atomic E-state index is 12.9. The fraction of sp³-hybridized carbons (Fsp3) is 0.0476. The number of imidazole rings is 1. The molecule has 29 heavy (non-hydrogen) atoms. The molecule has 0 unspecified atom stereocenters. The number of H-pyrrole nitrogens is 1. The van der Waals surface area contributed by atoms with Crippen LogP contribution in [0.2, 0.25) is 0 Å². The van der Waals surface area contributed by atoms with Crippen LogP contribution in [0, 0.1) is 0 Å². The van der Waals surface area contributed by atoms with Gasteiger partial charge in [0.25, 0.3) is 5.91 Å². The van der Waals surface area contributed by atoms with Crippen molar-refractivity contribution < 1.29 is 23.1 Å². The van der Waals surface area contributed by atoms with Gasteiger partial charge in [0.05, 0.1) is 16.6 Å². The summed E-state index contributed by atoms with van der Waals surface area (Å²) < 4.78 is 38.6. The molecular weight excluding hydrogens is 383 g/mol. The van der Waals surface area contributed by atoms with E-state index in [4.69, 9.17) is 0 Å². The molecule has 1 aromatic heterocycles. The molecule has 0 aliphatic carbocycles. The van der Waals surface area contributed by atoms with E-state index in [2.05, 4.69) is 15.3 Å². The van der Waals surface area contributed by atoms with Crippen molar-refractivity contribution in [2.24, 2.45) is 0 Å². The third-order valence-electron chi connectivity index (χ3n) is 4.31. The van der Waals surface area contributed by atoms with Crippen LogP contribution in [-0.2, 0) is 6.18 Å². The molecule has 3 aromatic carbocycles. The molecule has 1 amide bonds. The molecule has 4 aromatic rings. The summed E-state index contributed by atoms with van der Waals surface area (Å²) in [4.78, 5) is 20.0. The first-order valence-electron chi connectivity index (χ1n) is 8.57. The summed E-state index contributed by atoms with van der Waals surface area (Å²) >= 11 is 0. The predicted octanol–water partition coefficient (Wildman–Crippen LogP) is 5.21. The molecule has 0 aliphatic heterocycles. The van der Waals surface area contributed by atoms with E-state index in [1.165, 1.54) is 0 Å². The van der Waals surface area contributed by atoms with Crippen LogP contribution in [0.3, 0.4) is 0 Å². The van der Waals surface area contributed by atoms with Crippen LogP contribution in [0.15, 0.2) is 66.7 Å². The van der Waals surface area contributed by atoms with Crippen molar-refractivity contribution in [1.82, 2.24) is 9.97 Å². The normalized spacial score (nSPS) is 11.6. The lowest BCUT2D eigenvalue weighted by Crippen LogP contribution is -2.14. The van der Waals surface area contributed by atoms with E-state index >= 15 is 0 Å². The number of nitrogens with zero attached hydrogens (tertiary/aromatic N) is 1. The second-order valence-electron chi connectivity index (χ2n) is 6.40. The van der Waals surface area contributed by atoms with E-state index in [0.717, 1.165) is 22.7 Å². The average Bonchev–Trinajstić information content (AvgIpc) is 3.11. The lowest BCUT2D eigenvalue weighted by atomic mass is 10.1. The number of aromatic hydroxyl groups is 1. The zero-order valence-electron chi connectivity index (χ0n) is 14.8. The van der Waals surface area contributed by atoms with Crippen LogP contribution < -0.4 is 5.32 Å². The monoisotopic (exact) mass is 397 g/mol. The Kier molecular flexibility index (Phi) is 4.46. The van der Waals surface area contributed by atoms with Crippen LogP contribution >= 0.6 is 0 Å². The van der Waals surface area contributed by atoms with Crippen LogP contribution in [0.5, 0.6) is 5.75 Å². The third kappa shape index (κ3) is 3.91. The molecule has 0 fully saturated rings. The summed E-state index contributed by atoms with van der Waals surface area (Å²) in [6.45, 7) is 0. The number of carbonyl (C=O) groups excluding carboxylic acids is 1. The highest BCUT2D eigenvalue weighted by Gasteiger charge is 2.31. The second-order valence-corrected chi connectivity index (χ2v) is 6.40. The lowest BCUT2D eigenvalue weighted by molar-refractivity contribution is -0.137. The van der Waals surface area contributed by atoms with Crippen molar-refractivity contribution in [2.45, 2.75) is 6.18 Å². The number of rotatable bonds is 3. The van der Waals surface area contributed by atoms with Crippen molar-refractivity contribution >= 4 is 22.6 Å². The highest BCUT2D eigenvalue weighted by Crippen LogP contribution is 2.32. The SMILES string of the molecule is O=C(Nc1ccc(-c2nc3ccccc3[nH]2)cc1)c1cc(O)cc(C(F)(F)F)c1. The highest BCUT2D eigenvalue weighted by molar-refractivity contribution is 6.04. The molecule has 0 spiro atoms. The van der Waals surface area contributed by atoms with Gasteiger partial charge in [-0.15, -0.1) is 0 Å². The number of aromatic amines is 1. The molecule has 3 N–H and O–H groups in total. The van der Waals surface area contributed by atoms with Gasteiger partial charge < -0.3 is 15.4 Å². The van der Waals surface area contributed by atoms with Gasteiger partial charge in [0.15, 0.2) is 0 Å². The van der Waals surface area contributed by atoms with Gasteiger partial charge in [-0.25, -0.2) is 4.98 Å². The van der Waals surface area contributed by atoms with Crippen molar-refractivity contribution in [3.63, 3.8) is 0 Å².